The molecule has 1 aliphatic carbocycles. The predicted octanol–water partition coefficient (Wildman–Crippen LogP) is 2.21. The van der Waals surface area contributed by atoms with Gasteiger partial charge in [-0.2, -0.15) is 5.26 Å². The number of aryl methyl sites for hydroxylation is 1. The summed E-state index contributed by atoms with van der Waals surface area (Å²) in [6, 6.07) is 5.84. The molecule has 0 atom stereocenters. The van der Waals surface area contributed by atoms with Gasteiger partial charge in [0.25, 0.3) is 0 Å². The number of nitriles is 1. The number of nitrogen functional groups attached to an aromatic ring is 1. The van der Waals surface area contributed by atoms with E-state index in [0.29, 0.717) is 21.5 Å². The normalized spacial score (nSPS) is 12.6. The van der Waals surface area contributed by atoms with Gasteiger partial charge in [0.05, 0.1) is 11.3 Å². The number of thiophene rings is 1. The van der Waals surface area contributed by atoms with E-state index >= 15 is 0 Å². The SMILES string of the molecule is N#Cc1c(NC(=O)CSc2nnc(-c3cccnc3)n2N)sc2c1CCC2. The van der Waals surface area contributed by atoms with Crippen molar-refractivity contribution in [1.29, 1.82) is 5.26 Å². The molecule has 0 radical (unpaired) electrons. The fourth-order valence-corrected chi connectivity index (χ4v) is 4.88. The van der Waals surface area contributed by atoms with Crippen molar-refractivity contribution in [2.45, 2.75) is 24.4 Å². The van der Waals surface area contributed by atoms with E-state index in [-0.39, 0.29) is 11.7 Å². The molecule has 0 bridgehead atoms. The molecule has 0 aliphatic heterocycles. The molecule has 0 fully saturated rings. The minimum atomic E-state index is -0.206. The van der Waals surface area contributed by atoms with Gasteiger partial charge in [0.2, 0.25) is 11.1 Å². The molecule has 0 saturated carbocycles. The Hall–Kier alpha value is -2.90. The van der Waals surface area contributed by atoms with E-state index in [1.165, 1.54) is 32.7 Å². The topological polar surface area (TPSA) is 123 Å². The number of fused-ring (bicyclic) bond motifs is 1. The number of anilines is 1. The molecule has 8 nitrogen and oxygen atoms in total. The summed E-state index contributed by atoms with van der Waals surface area (Å²) in [4.78, 5) is 17.6. The molecule has 0 aromatic carbocycles. The van der Waals surface area contributed by atoms with Gasteiger partial charge in [-0.15, -0.1) is 21.5 Å². The minimum Gasteiger partial charge on any atom is -0.335 e. The van der Waals surface area contributed by atoms with E-state index in [4.69, 9.17) is 5.84 Å². The lowest BCUT2D eigenvalue weighted by atomic mass is 10.1. The van der Waals surface area contributed by atoms with Gasteiger partial charge in [-0.05, 0) is 37.0 Å². The zero-order chi connectivity index (χ0) is 18.8. The summed E-state index contributed by atoms with van der Waals surface area (Å²) < 4.78 is 1.34. The molecular weight excluding hydrogens is 382 g/mol. The highest BCUT2D eigenvalue weighted by Gasteiger charge is 2.23. The van der Waals surface area contributed by atoms with E-state index in [9.17, 15) is 10.1 Å². The van der Waals surface area contributed by atoms with Crippen LogP contribution in [0.15, 0.2) is 29.7 Å². The van der Waals surface area contributed by atoms with E-state index in [0.717, 1.165) is 30.4 Å². The number of carbonyl (C=O) groups excluding carboxylic acids is 1. The first-order valence-corrected chi connectivity index (χ1v) is 10.1. The fourth-order valence-electron chi connectivity index (χ4n) is 2.97. The highest BCUT2D eigenvalue weighted by molar-refractivity contribution is 7.99. The average molecular weight is 397 g/mol. The Balaban J connectivity index is 1.42. The first-order valence-electron chi connectivity index (χ1n) is 8.25. The van der Waals surface area contributed by atoms with Gasteiger partial charge in [-0.25, -0.2) is 4.68 Å². The average Bonchev–Trinajstić information content (AvgIpc) is 3.35. The second kappa shape index (κ2) is 7.38. The van der Waals surface area contributed by atoms with Crippen LogP contribution in [0.3, 0.4) is 0 Å². The largest absolute Gasteiger partial charge is 0.335 e. The molecule has 0 spiro atoms. The Morgan fingerprint density at radius 3 is 3.11 bits per heavy atom. The third-order valence-electron chi connectivity index (χ3n) is 4.20. The zero-order valence-corrected chi connectivity index (χ0v) is 15.8. The van der Waals surface area contributed by atoms with Crippen LogP contribution in [-0.4, -0.2) is 31.5 Å². The maximum absolute atomic E-state index is 12.3. The van der Waals surface area contributed by atoms with Gasteiger partial charge in [0.15, 0.2) is 5.82 Å². The zero-order valence-electron chi connectivity index (χ0n) is 14.2. The molecule has 0 unspecified atom stereocenters. The first kappa shape index (κ1) is 17.5. The number of thioether (sulfide) groups is 1. The van der Waals surface area contributed by atoms with Crippen LogP contribution in [0, 0.1) is 11.3 Å². The van der Waals surface area contributed by atoms with Gasteiger partial charge in [0.1, 0.15) is 11.1 Å². The Morgan fingerprint density at radius 1 is 1.44 bits per heavy atom. The van der Waals surface area contributed by atoms with Gasteiger partial charge in [-0.3, -0.25) is 9.78 Å². The standard InChI is InChI=1S/C17H15N7OS2/c18-7-12-11-4-1-5-13(11)27-16(12)21-14(25)9-26-17-23-22-15(24(17)19)10-3-2-6-20-8-10/h2-3,6,8H,1,4-5,9,19H2,(H,21,25). The molecule has 3 aromatic rings. The maximum atomic E-state index is 12.3. The van der Waals surface area contributed by atoms with Crippen LogP contribution in [0.5, 0.6) is 0 Å². The number of hydrogen-bond donors (Lipinski definition) is 2. The number of pyridine rings is 1. The number of nitrogens with two attached hydrogens (primary N) is 1. The summed E-state index contributed by atoms with van der Waals surface area (Å²) >= 11 is 2.69. The van der Waals surface area contributed by atoms with E-state index in [2.05, 4.69) is 26.6 Å². The van der Waals surface area contributed by atoms with Crippen LogP contribution in [0.25, 0.3) is 11.4 Å². The summed E-state index contributed by atoms with van der Waals surface area (Å²) in [7, 11) is 0. The lowest BCUT2D eigenvalue weighted by Crippen LogP contribution is -2.16. The molecule has 1 aliphatic rings. The van der Waals surface area contributed by atoms with Gasteiger partial charge >= 0.3 is 0 Å². The molecule has 0 saturated heterocycles. The van der Waals surface area contributed by atoms with Crippen molar-refractivity contribution in [2.75, 3.05) is 16.9 Å². The van der Waals surface area contributed by atoms with Crippen LogP contribution < -0.4 is 11.2 Å². The van der Waals surface area contributed by atoms with E-state index < -0.39 is 0 Å². The van der Waals surface area contributed by atoms with Crippen LogP contribution in [-0.2, 0) is 17.6 Å². The second-order valence-corrected chi connectivity index (χ2v) is 7.98. The van der Waals surface area contributed by atoms with Crippen LogP contribution in [0.4, 0.5) is 5.00 Å². The minimum absolute atomic E-state index is 0.121. The number of nitrogens with zero attached hydrogens (tertiary/aromatic N) is 5. The van der Waals surface area contributed by atoms with Crippen LogP contribution >= 0.6 is 23.1 Å². The second-order valence-electron chi connectivity index (χ2n) is 5.93. The Kier molecular flexibility index (Phi) is 4.79. The number of nitrogens with one attached hydrogen (secondary N) is 1. The quantitative estimate of drug-likeness (QED) is 0.500. The Morgan fingerprint density at radius 2 is 2.33 bits per heavy atom. The Bertz CT molecular complexity index is 1040. The molecule has 3 aromatic heterocycles. The molecule has 4 rings (SSSR count). The molecule has 136 valence electrons. The maximum Gasteiger partial charge on any atom is 0.235 e. The van der Waals surface area contributed by atoms with Gasteiger partial charge in [0, 0.05) is 22.8 Å². The summed E-state index contributed by atoms with van der Waals surface area (Å²) in [5.41, 5.74) is 2.44. The highest BCUT2D eigenvalue weighted by Crippen LogP contribution is 2.38. The number of amides is 1. The third kappa shape index (κ3) is 3.39. The fraction of sp³-hybridized carbons (Fsp3) is 0.235. The van der Waals surface area contributed by atoms with Crippen LogP contribution in [0.2, 0.25) is 0 Å². The third-order valence-corrected chi connectivity index (χ3v) is 6.35. The van der Waals surface area contributed by atoms with Crippen molar-refractivity contribution in [2.24, 2.45) is 0 Å². The van der Waals surface area contributed by atoms with Crippen molar-refractivity contribution >= 4 is 34.0 Å². The van der Waals surface area contributed by atoms with Crippen molar-refractivity contribution in [3.8, 4) is 17.5 Å². The van der Waals surface area contributed by atoms with Crippen molar-refractivity contribution in [3.05, 3.63) is 40.5 Å². The smallest absolute Gasteiger partial charge is 0.235 e. The molecule has 10 heteroatoms. The highest BCUT2D eigenvalue weighted by atomic mass is 32.2. The lowest BCUT2D eigenvalue weighted by Gasteiger charge is -2.05. The summed E-state index contributed by atoms with van der Waals surface area (Å²) in [6.45, 7) is 0. The number of hydrogen-bond acceptors (Lipinski definition) is 8. The lowest BCUT2D eigenvalue weighted by molar-refractivity contribution is -0.113. The molecule has 3 N–H and O–H groups in total. The molecular formula is C17H15N7OS2. The van der Waals surface area contributed by atoms with E-state index in [1.54, 1.807) is 18.5 Å². The van der Waals surface area contributed by atoms with Gasteiger partial charge in [-0.1, -0.05) is 11.8 Å². The predicted molar refractivity (Wildman–Crippen MR) is 104 cm³/mol. The van der Waals surface area contributed by atoms with Crippen LogP contribution in [0.1, 0.15) is 22.4 Å². The van der Waals surface area contributed by atoms with Crippen molar-refractivity contribution in [3.63, 3.8) is 0 Å². The van der Waals surface area contributed by atoms with Crippen molar-refractivity contribution in [1.82, 2.24) is 19.9 Å². The number of aromatic nitrogens is 4. The summed E-state index contributed by atoms with van der Waals surface area (Å²) in [5.74, 6) is 6.43. The first-order chi connectivity index (χ1) is 13.2. The van der Waals surface area contributed by atoms with Crippen molar-refractivity contribution < 1.29 is 4.79 Å². The van der Waals surface area contributed by atoms with Gasteiger partial charge < -0.3 is 11.2 Å². The van der Waals surface area contributed by atoms with E-state index in [1.807, 2.05) is 6.07 Å². The Labute approximate surface area is 163 Å². The summed E-state index contributed by atoms with van der Waals surface area (Å²) in [5, 5.41) is 21.4. The number of carbonyl (C=O) groups is 1. The molecule has 27 heavy (non-hydrogen) atoms. The molecule has 1 amide bonds. The monoisotopic (exact) mass is 397 g/mol. The summed E-state index contributed by atoms with van der Waals surface area (Å²) in [6.07, 6.45) is 6.27. The number of rotatable bonds is 5. The molecule has 3 heterocycles.